The summed E-state index contributed by atoms with van der Waals surface area (Å²) in [6.07, 6.45) is 2.32. The van der Waals surface area contributed by atoms with Crippen molar-refractivity contribution in [3.05, 3.63) is 23.9 Å². The van der Waals surface area contributed by atoms with Crippen molar-refractivity contribution in [2.45, 2.75) is 19.4 Å². The molecule has 0 saturated carbocycles. The zero-order valence-electron chi connectivity index (χ0n) is 11.9. The number of rotatable bonds is 2. The number of amides is 1. The molecule has 0 unspecified atom stereocenters. The Morgan fingerprint density at radius 3 is 3.00 bits per heavy atom. The van der Waals surface area contributed by atoms with Gasteiger partial charge in [0, 0.05) is 31.7 Å². The van der Waals surface area contributed by atoms with E-state index in [9.17, 15) is 4.79 Å². The smallest absolute Gasteiger partial charge is 0.257 e. The van der Waals surface area contributed by atoms with Crippen LogP contribution < -0.4 is 4.90 Å². The van der Waals surface area contributed by atoms with Crippen LogP contribution in [-0.2, 0) is 14.3 Å². The summed E-state index contributed by atoms with van der Waals surface area (Å²) in [6, 6.07) is 3.82. The van der Waals surface area contributed by atoms with Gasteiger partial charge in [-0.25, -0.2) is 4.98 Å². The number of hydrogen-bond donors (Lipinski definition) is 0. The molecule has 1 amide bonds. The maximum Gasteiger partial charge on any atom is 0.257 e. The van der Waals surface area contributed by atoms with Crippen molar-refractivity contribution in [2.24, 2.45) is 11.8 Å². The average molecular weight is 276 g/mol. The summed E-state index contributed by atoms with van der Waals surface area (Å²) >= 11 is 0. The Kier molecular flexibility index (Phi) is 3.72. The van der Waals surface area contributed by atoms with Gasteiger partial charge in [0.2, 0.25) is 0 Å². The van der Waals surface area contributed by atoms with Crippen molar-refractivity contribution in [3.8, 4) is 0 Å². The minimum absolute atomic E-state index is 0.00393. The molecule has 0 aliphatic carbocycles. The maximum absolute atomic E-state index is 12.6. The SMILES string of the molecule is Cc1ccc(N(C)C(=O)[C@@H]2OC[C@@H]3COCC[C@@H]32)nc1. The lowest BCUT2D eigenvalue weighted by Gasteiger charge is -2.28. The van der Waals surface area contributed by atoms with Gasteiger partial charge in [-0.2, -0.15) is 0 Å². The molecule has 108 valence electrons. The molecule has 5 heteroatoms. The van der Waals surface area contributed by atoms with Crippen molar-refractivity contribution in [3.63, 3.8) is 0 Å². The van der Waals surface area contributed by atoms with Gasteiger partial charge in [-0.3, -0.25) is 9.69 Å². The summed E-state index contributed by atoms with van der Waals surface area (Å²) in [4.78, 5) is 18.5. The summed E-state index contributed by atoms with van der Waals surface area (Å²) in [5, 5.41) is 0. The standard InChI is InChI=1S/C15H20N2O3/c1-10-3-4-13(16-7-10)17(2)15(18)14-12-5-6-19-8-11(12)9-20-14/h3-4,7,11-12,14H,5-6,8-9H2,1-2H3/t11-,12-,14+/m0/s1. The zero-order chi connectivity index (χ0) is 14.1. The quantitative estimate of drug-likeness (QED) is 0.819. The second kappa shape index (κ2) is 5.50. The third-order valence-corrected chi connectivity index (χ3v) is 4.23. The van der Waals surface area contributed by atoms with Gasteiger partial charge in [-0.1, -0.05) is 6.07 Å². The number of ether oxygens (including phenoxy) is 2. The lowest BCUT2D eigenvalue weighted by atomic mass is 9.86. The Hall–Kier alpha value is -1.46. The summed E-state index contributed by atoms with van der Waals surface area (Å²) in [6.45, 7) is 4.03. The van der Waals surface area contributed by atoms with Gasteiger partial charge >= 0.3 is 0 Å². The number of fused-ring (bicyclic) bond motifs is 1. The number of pyridine rings is 1. The Bertz CT molecular complexity index is 488. The van der Waals surface area contributed by atoms with Crippen LogP contribution in [0.4, 0.5) is 5.82 Å². The van der Waals surface area contributed by atoms with Gasteiger partial charge in [0.1, 0.15) is 11.9 Å². The van der Waals surface area contributed by atoms with Gasteiger partial charge < -0.3 is 9.47 Å². The average Bonchev–Trinajstić information content (AvgIpc) is 2.90. The Balaban J connectivity index is 1.73. The minimum Gasteiger partial charge on any atom is -0.381 e. The molecule has 1 aromatic rings. The number of aryl methyl sites for hydroxylation is 1. The highest BCUT2D eigenvalue weighted by atomic mass is 16.5. The predicted molar refractivity (Wildman–Crippen MR) is 74.5 cm³/mol. The van der Waals surface area contributed by atoms with Crippen LogP contribution in [0.2, 0.25) is 0 Å². The van der Waals surface area contributed by atoms with Gasteiger partial charge in [-0.15, -0.1) is 0 Å². The number of likely N-dealkylation sites (N-methyl/N-ethyl adjacent to an activating group) is 1. The minimum atomic E-state index is -0.350. The fraction of sp³-hybridized carbons (Fsp3) is 0.600. The third-order valence-electron chi connectivity index (χ3n) is 4.23. The van der Waals surface area contributed by atoms with Crippen molar-refractivity contribution >= 4 is 11.7 Å². The Labute approximate surface area is 118 Å². The second-order valence-electron chi connectivity index (χ2n) is 5.63. The number of aromatic nitrogens is 1. The predicted octanol–water partition coefficient (Wildman–Crippen LogP) is 1.40. The molecular formula is C15H20N2O3. The molecule has 3 rings (SSSR count). The summed E-state index contributed by atoms with van der Waals surface area (Å²) in [7, 11) is 1.76. The van der Waals surface area contributed by atoms with Gasteiger partial charge in [0.05, 0.1) is 13.2 Å². The van der Waals surface area contributed by atoms with Crippen LogP contribution in [0.5, 0.6) is 0 Å². The van der Waals surface area contributed by atoms with Crippen LogP contribution in [-0.4, -0.2) is 43.9 Å². The molecule has 20 heavy (non-hydrogen) atoms. The number of nitrogens with zero attached hydrogens (tertiary/aromatic N) is 2. The van der Waals surface area contributed by atoms with Crippen molar-refractivity contribution in [2.75, 3.05) is 31.8 Å². The first kappa shape index (κ1) is 13.5. The number of anilines is 1. The van der Waals surface area contributed by atoms with E-state index in [1.165, 1.54) is 0 Å². The normalized spacial score (nSPS) is 29.0. The summed E-state index contributed by atoms with van der Waals surface area (Å²) in [5.74, 6) is 1.30. The second-order valence-corrected chi connectivity index (χ2v) is 5.63. The first-order valence-corrected chi connectivity index (χ1v) is 7.06. The van der Waals surface area contributed by atoms with E-state index in [-0.39, 0.29) is 17.9 Å². The van der Waals surface area contributed by atoms with E-state index in [1.54, 1.807) is 18.1 Å². The Morgan fingerprint density at radius 1 is 1.40 bits per heavy atom. The molecule has 1 aromatic heterocycles. The highest BCUT2D eigenvalue weighted by Gasteiger charge is 2.44. The summed E-state index contributed by atoms with van der Waals surface area (Å²) in [5.41, 5.74) is 1.08. The van der Waals surface area contributed by atoms with E-state index in [4.69, 9.17) is 9.47 Å². The van der Waals surface area contributed by atoms with E-state index in [0.717, 1.165) is 18.6 Å². The number of carbonyl (C=O) groups excluding carboxylic acids is 1. The molecule has 2 aliphatic rings. The molecule has 0 aromatic carbocycles. The Morgan fingerprint density at radius 2 is 2.25 bits per heavy atom. The van der Waals surface area contributed by atoms with Crippen molar-refractivity contribution in [1.29, 1.82) is 0 Å². The largest absolute Gasteiger partial charge is 0.381 e. The van der Waals surface area contributed by atoms with Crippen LogP contribution in [0.1, 0.15) is 12.0 Å². The highest BCUT2D eigenvalue weighted by molar-refractivity contribution is 5.95. The fourth-order valence-electron chi connectivity index (χ4n) is 2.95. The molecule has 3 heterocycles. The van der Waals surface area contributed by atoms with Crippen molar-refractivity contribution < 1.29 is 14.3 Å². The number of hydrogen-bond acceptors (Lipinski definition) is 4. The van der Waals surface area contributed by atoms with Crippen molar-refractivity contribution in [1.82, 2.24) is 4.98 Å². The maximum atomic E-state index is 12.6. The van der Waals surface area contributed by atoms with Crippen LogP contribution in [0.3, 0.4) is 0 Å². The van der Waals surface area contributed by atoms with Gasteiger partial charge in [-0.05, 0) is 25.0 Å². The molecule has 0 N–H and O–H groups in total. The molecule has 0 radical (unpaired) electrons. The molecule has 5 nitrogen and oxygen atoms in total. The van der Waals surface area contributed by atoms with E-state index >= 15 is 0 Å². The lowest BCUT2D eigenvalue weighted by molar-refractivity contribution is -0.129. The first-order chi connectivity index (χ1) is 9.66. The van der Waals surface area contributed by atoms with Crippen LogP contribution in [0.25, 0.3) is 0 Å². The highest BCUT2D eigenvalue weighted by Crippen LogP contribution is 2.34. The lowest BCUT2D eigenvalue weighted by Crippen LogP contribution is -2.42. The molecule has 0 spiro atoms. The molecule has 3 atom stereocenters. The first-order valence-electron chi connectivity index (χ1n) is 7.06. The van der Waals surface area contributed by atoms with Crippen LogP contribution in [0, 0.1) is 18.8 Å². The van der Waals surface area contributed by atoms with Crippen LogP contribution in [0.15, 0.2) is 18.3 Å². The van der Waals surface area contributed by atoms with E-state index in [2.05, 4.69) is 4.98 Å². The van der Waals surface area contributed by atoms with E-state index < -0.39 is 0 Å². The molecule has 2 aliphatic heterocycles. The molecule has 2 fully saturated rings. The van der Waals surface area contributed by atoms with E-state index in [0.29, 0.717) is 24.9 Å². The molecule has 0 bridgehead atoms. The molecule has 2 saturated heterocycles. The molecular weight excluding hydrogens is 256 g/mol. The third kappa shape index (κ3) is 2.43. The topological polar surface area (TPSA) is 51.7 Å². The van der Waals surface area contributed by atoms with Gasteiger partial charge in [0.25, 0.3) is 5.91 Å². The van der Waals surface area contributed by atoms with E-state index in [1.807, 2.05) is 19.1 Å². The fourth-order valence-corrected chi connectivity index (χ4v) is 2.95. The monoisotopic (exact) mass is 276 g/mol. The van der Waals surface area contributed by atoms with Crippen LogP contribution >= 0.6 is 0 Å². The van der Waals surface area contributed by atoms with Gasteiger partial charge in [0.15, 0.2) is 0 Å². The number of carbonyl (C=O) groups is 1. The zero-order valence-corrected chi connectivity index (χ0v) is 11.9. The summed E-state index contributed by atoms with van der Waals surface area (Å²) < 4.78 is 11.2.